The molecule has 5 heteroatoms. The lowest BCUT2D eigenvalue weighted by Crippen LogP contribution is -2.44. The van der Waals surface area contributed by atoms with Crippen molar-refractivity contribution in [2.75, 3.05) is 6.54 Å². The molecular formula is C6H7NO4. The third-order valence-corrected chi connectivity index (χ3v) is 1.54. The van der Waals surface area contributed by atoms with E-state index in [1.165, 1.54) is 0 Å². The van der Waals surface area contributed by atoms with E-state index < -0.39 is 23.6 Å². The van der Waals surface area contributed by atoms with Gasteiger partial charge < -0.3 is 10.4 Å². The van der Waals surface area contributed by atoms with Gasteiger partial charge in [0.1, 0.15) is 0 Å². The molecule has 0 bridgehead atoms. The maximum atomic E-state index is 10.6. The van der Waals surface area contributed by atoms with Crippen LogP contribution in [-0.4, -0.2) is 29.3 Å². The number of amides is 1. The molecule has 11 heavy (non-hydrogen) atoms. The molecule has 0 aromatic rings. The third kappa shape index (κ3) is 1.54. The second-order valence-electron chi connectivity index (χ2n) is 2.37. The fourth-order valence-electron chi connectivity index (χ4n) is 0.878. The first kappa shape index (κ1) is 7.71. The maximum absolute atomic E-state index is 10.6. The van der Waals surface area contributed by atoms with Crippen LogP contribution in [0.4, 0.5) is 0 Å². The Morgan fingerprint density at radius 1 is 1.55 bits per heavy atom. The lowest BCUT2D eigenvalue weighted by molar-refractivity contribution is -0.148. The zero-order valence-electron chi connectivity index (χ0n) is 5.66. The number of piperidine rings is 1. The van der Waals surface area contributed by atoms with Crippen LogP contribution in [0.2, 0.25) is 0 Å². The highest BCUT2D eigenvalue weighted by molar-refractivity contribution is 6.37. The van der Waals surface area contributed by atoms with E-state index in [1.54, 1.807) is 0 Å². The van der Waals surface area contributed by atoms with Gasteiger partial charge in [0.2, 0.25) is 5.78 Å². The zero-order valence-corrected chi connectivity index (χ0v) is 5.66. The Labute approximate surface area is 62.4 Å². The Morgan fingerprint density at radius 2 is 2.18 bits per heavy atom. The van der Waals surface area contributed by atoms with Crippen molar-refractivity contribution in [3.8, 4) is 0 Å². The largest absolute Gasteiger partial charge is 0.481 e. The second kappa shape index (κ2) is 2.69. The first-order valence-corrected chi connectivity index (χ1v) is 3.15. The van der Waals surface area contributed by atoms with Crippen LogP contribution in [0.1, 0.15) is 6.42 Å². The minimum absolute atomic E-state index is 0.0555. The SMILES string of the molecule is O=C1CC(C(=O)O)CNC1=O. The summed E-state index contributed by atoms with van der Waals surface area (Å²) in [6.45, 7) is 0.0555. The average molecular weight is 157 g/mol. The van der Waals surface area contributed by atoms with E-state index in [1.807, 2.05) is 0 Å². The lowest BCUT2D eigenvalue weighted by Gasteiger charge is -2.16. The van der Waals surface area contributed by atoms with Crippen LogP contribution >= 0.6 is 0 Å². The summed E-state index contributed by atoms with van der Waals surface area (Å²) in [4.78, 5) is 31.4. The molecule has 5 nitrogen and oxygen atoms in total. The van der Waals surface area contributed by atoms with Gasteiger partial charge in [-0.15, -0.1) is 0 Å². The van der Waals surface area contributed by atoms with Crippen molar-refractivity contribution in [1.82, 2.24) is 5.32 Å². The van der Waals surface area contributed by atoms with Gasteiger partial charge in [-0.2, -0.15) is 0 Å². The van der Waals surface area contributed by atoms with Gasteiger partial charge in [0, 0.05) is 13.0 Å². The topological polar surface area (TPSA) is 83.5 Å². The standard InChI is InChI=1S/C6H7NO4/c8-4-1-3(6(10)11)2-7-5(4)9/h3H,1-2H2,(H,7,9)(H,10,11). The highest BCUT2D eigenvalue weighted by Gasteiger charge is 2.30. The molecule has 1 rings (SSSR count). The van der Waals surface area contributed by atoms with Gasteiger partial charge in [-0.25, -0.2) is 0 Å². The van der Waals surface area contributed by atoms with E-state index in [9.17, 15) is 14.4 Å². The Balaban J connectivity index is 2.60. The average Bonchev–Trinajstić information content (AvgIpc) is 1.94. The summed E-state index contributed by atoms with van der Waals surface area (Å²) in [5.74, 6) is -3.12. The summed E-state index contributed by atoms with van der Waals surface area (Å²) in [5.41, 5.74) is 0. The molecule has 0 aromatic carbocycles. The Morgan fingerprint density at radius 3 is 2.64 bits per heavy atom. The summed E-state index contributed by atoms with van der Waals surface area (Å²) >= 11 is 0. The predicted octanol–water partition coefficient (Wildman–Crippen LogP) is -1.22. The molecule has 1 amide bonds. The second-order valence-corrected chi connectivity index (χ2v) is 2.37. The number of Topliss-reactive ketones (excluding diaryl/α,β-unsaturated/α-hetero) is 1. The van der Waals surface area contributed by atoms with Crippen molar-refractivity contribution in [2.45, 2.75) is 6.42 Å². The van der Waals surface area contributed by atoms with E-state index in [0.717, 1.165) is 0 Å². The highest BCUT2D eigenvalue weighted by Crippen LogP contribution is 2.07. The number of aliphatic carboxylic acids is 1. The maximum Gasteiger partial charge on any atom is 0.308 e. The van der Waals surface area contributed by atoms with Gasteiger partial charge >= 0.3 is 5.97 Å². The van der Waals surface area contributed by atoms with Crippen molar-refractivity contribution in [3.05, 3.63) is 0 Å². The van der Waals surface area contributed by atoms with Crippen molar-refractivity contribution < 1.29 is 19.5 Å². The van der Waals surface area contributed by atoms with E-state index >= 15 is 0 Å². The Bertz CT molecular complexity index is 223. The summed E-state index contributed by atoms with van der Waals surface area (Å²) in [6, 6.07) is 0. The van der Waals surface area contributed by atoms with Gasteiger partial charge in [-0.1, -0.05) is 0 Å². The number of hydrogen-bond acceptors (Lipinski definition) is 3. The van der Waals surface area contributed by atoms with Crippen molar-refractivity contribution in [2.24, 2.45) is 5.92 Å². The minimum atomic E-state index is -1.04. The van der Waals surface area contributed by atoms with Crippen LogP contribution in [0.5, 0.6) is 0 Å². The molecule has 0 saturated carbocycles. The molecule has 1 fully saturated rings. The van der Waals surface area contributed by atoms with Crippen LogP contribution in [0.3, 0.4) is 0 Å². The Kier molecular flexibility index (Phi) is 1.89. The highest BCUT2D eigenvalue weighted by atomic mass is 16.4. The number of carboxylic acid groups (broad SMARTS) is 1. The first-order valence-electron chi connectivity index (χ1n) is 3.15. The van der Waals surface area contributed by atoms with E-state index in [2.05, 4.69) is 5.32 Å². The first-order chi connectivity index (χ1) is 5.11. The normalized spacial score (nSPS) is 24.5. The van der Waals surface area contributed by atoms with Crippen LogP contribution in [0.15, 0.2) is 0 Å². The van der Waals surface area contributed by atoms with Gasteiger partial charge in [0.25, 0.3) is 5.91 Å². The van der Waals surface area contributed by atoms with E-state index in [0.29, 0.717) is 0 Å². The molecule has 0 aromatic heterocycles. The number of carboxylic acids is 1. The molecule has 0 radical (unpaired) electrons. The molecule has 1 saturated heterocycles. The zero-order chi connectivity index (χ0) is 8.43. The molecule has 2 N–H and O–H groups in total. The summed E-state index contributed by atoms with van der Waals surface area (Å²) < 4.78 is 0. The monoisotopic (exact) mass is 157 g/mol. The lowest BCUT2D eigenvalue weighted by atomic mass is 9.99. The fraction of sp³-hybridized carbons (Fsp3) is 0.500. The molecular weight excluding hydrogens is 150 g/mol. The van der Waals surface area contributed by atoms with Crippen LogP contribution < -0.4 is 5.32 Å². The van der Waals surface area contributed by atoms with Crippen molar-refractivity contribution >= 4 is 17.7 Å². The molecule has 1 aliphatic rings. The molecule has 0 aliphatic carbocycles. The van der Waals surface area contributed by atoms with Crippen LogP contribution in [0, 0.1) is 5.92 Å². The van der Waals surface area contributed by atoms with Crippen LogP contribution in [-0.2, 0) is 14.4 Å². The number of carbonyl (C=O) groups is 3. The molecule has 1 atom stereocenters. The van der Waals surface area contributed by atoms with Gasteiger partial charge in [0.15, 0.2) is 0 Å². The predicted molar refractivity (Wildman–Crippen MR) is 33.8 cm³/mol. The molecule has 0 spiro atoms. The van der Waals surface area contributed by atoms with Crippen molar-refractivity contribution in [3.63, 3.8) is 0 Å². The van der Waals surface area contributed by atoms with Crippen molar-refractivity contribution in [1.29, 1.82) is 0 Å². The Hall–Kier alpha value is -1.39. The van der Waals surface area contributed by atoms with E-state index in [4.69, 9.17) is 5.11 Å². The molecule has 1 aliphatic heterocycles. The van der Waals surface area contributed by atoms with E-state index in [-0.39, 0.29) is 13.0 Å². The van der Waals surface area contributed by atoms with Crippen LogP contribution in [0.25, 0.3) is 0 Å². The number of hydrogen-bond donors (Lipinski definition) is 2. The molecule has 1 unspecified atom stereocenters. The van der Waals surface area contributed by atoms with Gasteiger partial charge in [0.05, 0.1) is 5.92 Å². The number of carbonyl (C=O) groups excluding carboxylic acids is 2. The van der Waals surface area contributed by atoms with Gasteiger partial charge in [-0.3, -0.25) is 14.4 Å². The van der Waals surface area contributed by atoms with Gasteiger partial charge in [-0.05, 0) is 0 Å². The molecule has 1 heterocycles. The number of rotatable bonds is 1. The third-order valence-electron chi connectivity index (χ3n) is 1.54. The quantitative estimate of drug-likeness (QED) is 0.467. The smallest absolute Gasteiger partial charge is 0.308 e. The summed E-state index contributed by atoms with van der Waals surface area (Å²) in [7, 11) is 0. The fourth-order valence-corrected chi connectivity index (χ4v) is 0.878. The molecule has 60 valence electrons. The summed E-state index contributed by atoms with van der Waals surface area (Å²) in [6.07, 6.45) is -0.179. The number of nitrogens with one attached hydrogen (secondary N) is 1. The number of ketones is 1. The summed E-state index contributed by atoms with van der Waals surface area (Å²) in [5, 5.41) is 10.6. The minimum Gasteiger partial charge on any atom is -0.481 e.